The molecule has 0 bridgehead atoms. The predicted octanol–water partition coefficient (Wildman–Crippen LogP) is 2.54. The minimum atomic E-state index is -0.434. The van der Waals surface area contributed by atoms with Crippen molar-refractivity contribution in [3.63, 3.8) is 0 Å². The van der Waals surface area contributed by atoms with Crippen LogP contribution < -0.4 is 9.47 Å². The van der Waals surface area contributed by atoms with Gasteiger partial charge in [-0.05, 0) is 36.0 Å². The zero-order valence-electron chi connectivity index (χ0n) is 9.99. The quantitative estimate of drug-likeness (QED) is 0.850. The van der Waals surface area contributed by atoms with Crippen LogP contribution in [-0.2, 0) is 0 Å². The molecule has 1 saturated carbocycles. The molecule has 1 unspecified atom stereocenters. The molecule has 1 aliphatic rings. The van der Waals surface area contributed by atoms with Crippen molar-refractivity contribution in [2.45, 2.75) is 25.9 Å². The molecule has 1 aromatic carbocycles. The minimum absolute atomic E-state index is 0.0391. The van der Waals surface area contributed by atoms with Gasteiger partial charge < -0.3 is 14.6 Å². The van der Waals surface area contributed by atoms with Crippen LogP contribution in [0.3, 0.4) is 0 Å². The number of aliphatic hydroxyl groups is 1. The first-order chi connectivity index (χ1) is 7.59. The van der Waals surface area contributed by atoms with E-state index < -0.39 is 6.10 Å². The van der Waals surface area contributed by atoms with E-state index in [2.05, 4.69) is 6.92 Å². The summed E-state index contributed by atoms with van der Waals surface area (Å²) in [6, 6.07) is 5.55. The fraction of sp³-hybridized carbons (Fsp3) is 0.538. The molecule has 3 heteroatoms. The summed E-state index contributed by atoms with van der Waals surface area (Å²) in [7, 11) is 3.23. The smallest absolute Gasteiger partial charge is 0.122 e. The van der Waals surface area contributed by atoms with Crippen molar-refractivity contribution in [3.05, 3.63) is 23.8 Å². The van der Waals surface area contributed by atoms with Crippen molar-refractivity contribution in [1.82, 2.24) is 0 Å². The van der Waals surface area contributed by atoms with Crippen molar-refractivity contribution in [1.29, 1.82) is 0 Å². The van der Waals surface area contributed by atoms with Crippen LogP contribution >= 0.6 is 0 Å². The molecule has 1 aromatic rings. The second-order valence-electron chi connectivity index (χ2n) is 4.70. The van der Waals surface area contributed by atoms with E-state index in [1.807, 2.05) is 18.2 Å². The number of benzene rings is 1. The molecule has 1 aliphatic carbocycles. The van der Waals surface area contributed by atoms with E-state index >= 15 is 0 Å². The molecule has 3 nitrogen and oxygen atoms in total. The van der Waals surface area contributed by atoms with Crippen molar-refractivity contribution >= 4 is 0 Å². The Balaban J connectivity index is 2.32. The van der Waals surface area contributed by atoms with E-state index in [-0.39, 0.29) is 5.41 Å². The third-order valence-corrected chi connectivity index (χ3v) is 3.39. The van der Waals surface area contributed by atoms with Crippen molar-refractivity contribution in [3.8, 4) is 11.5 Å². The van der Waals surface area contributed by atoms with Gasteiger partial charge in [-0.1, -0.05) is 6.92 Å². The summed E-state index contributed by atoms with van der Waals surface area (Å²) in [6.45, 7) is 2.10. The summed E-state index contributed by atoms with van der Waals surface area (Å²) in [6.07, 6.45) is 1.72. The fourth-order valence-electron chi connectivity index (χ4n) is 1.86. The van der Waals surface area contributed by atoms with Crippen LogP contribution in [0.15, 0.2) is 18.2 Å². The van der Waals surface area contributed by atoms with E-state index in [9.17, 15) is 5.11 Å². The van der Waals surface area contributed by atoms with Gasteiger partial charge in [-0.15, -0.1) is 0 Å². The second-order valence-corrected chi connectivity index (χ2v) is 4.70. The molecular weight excluding hydrogens is 204 g/mol. The first-order valence-corrected chi connectivity index (χ1v) is 5.50. The van der Waals surface area contributed by atoms with Crippen LogP contribution in [0, 0.1) is 5.41 Å². The zero-order chi connectivity index (χ0) is 11.8. The highest BCUT2D eigenvalue weighted by atomic mass is 16.5. The van der Waals surface area contributed by atoms with Crippen LogP contribution in [0.25, 0.3) is 0 Å². The maximum atomic E-state index is 10.2. The monoisotopic (exact) mass is 222 g/mol. The van der Waals surface area contributed by atoms with E-state index in [0.717, 1.165) is 29.9 Å². The van der Waals surface area contributed by atoms with Crippen molar-refractivity contribution in [2.24, 2.45) is 5.41 Å². The van der Waals surface area contributed by atoms with Gasteiger partial charge in [0.1, 0.15) is 11.5 Å². The predicted molar refractivity (Wildman–Crippen MR) is 61.8 cm³/mol. The average Bonchev–Trinajstić information content (AvgIpc) is 3.06. The number of hydrogen-bond donors (Lipinski definition) is 1. The topological polar surface area (TPSA) is 38.7 Å². The Morgan fingerprint density at radius 2 is 1.62 bits per heavy atom. The number of rotatable bonds is 4. The highest BCUT2D eigenvalue weighted by Crippen LogP contribution is 2.54. The van der Waals surface area contributed by atoms with Gasteiger partial charge in [0.25, 0.3) is 0 Å². The standard InChI is InChI=1S/C13H18O3/c1-13(4-5-13)12(14)9-6-10(15-2)8-11(7-9)16-3/h6-8,12,14H,4-5H2,1-3H3. The minimum Gasteiger partial charge on any atom is -0.497 e. The van der Waals surface area contributed by atoms with Gasteiger partial charge in [0.15, 0.2) is 0 Å². The lowest BCUT2D eigenvalue weighted by Gasteiger charge is -2.19. The van der Waals surface area contributed by atoms with Gasteiger partial charge in [0.2, 0.25) is 0 Å². The number of aliphatic hydroxyl groups excluding tert-OH is 1. The SMILES string of the molecule is COc1cc(OC)cc(C(O)C2(C)CC2)c1. The van der Waals surface area contributed by atoms with E-state index in [1.54, 1.807) is 14.2 Å². The Bertz CT molecular complexity index is 361. The molecule has 0 aliphatic heterocycles. The summed E-state index contributed by atoms with van der Waals surface area (Å²) in [5.41, 5.74) is 0.911. The Morgan fingerprint density at radius 3 is 2.00 bits per heavy atom. The molecular formula is C13H18O3. The van der Waals surface area contributed by atoms with Crippen LogP contribution in [0.5, 0.6) is 11.5 Å². The van der Waals surface area contributed by atoms with E-state index in [4.69, 9.17) is 9.47 Å². The molecule has 1 atom stereocenters. The molecule has 0 saturated heterocycles. The molecule has 0 heterocycles. The molecule has 0 radical (unpaired) electrons. The van der Waals surface area contributed by atoms with Gasteiger partial charge in [-0.3, -0.25) is 0 Å². The van der Waals surface area contributed by atoms with Crippen molar-refractivity contribution < 1.29 is 14.6 Å². The van der Waals surface area contributed by atoms with Gasteiger partial charge in [-0.25, -0.2) is 0 Å². The number of methoxy groups -OCH3 is 2. The molecule has 1 fully saturated rings. The summed E-state index contributed by atoms with van der Waals surface area (Å²) in [5.74, 6) is 1.44. The fourth-order valence-corrected chi connectivity index (χ4v) is 1.86. The highest BCUT2D eigenvalue weighted by Gasteiger charge is 2.44. The summed E-state index contributed by atoms with van der Waals surface area (Å²) < 4.78 is 10.4. The molecule has 0 amide bonds. The molecule has 88 valence electrons. The van der Waals surface area contributed by atoms with Crippen LogP contribution in [-0.4, -0.2) is 19.3 Å². The highest BCUT2D eigenvalue weighted by molar-refractivity contribution is 5.40. The normalized spacial score (nSPS) is 19.0. The lowest BCUT2D eigenvalue weighted by atomic mass is 9.94. The zero-order valence-corrected chi connectivity index (χ0v) is 9.99. The van der Waals surface area contributed by atoms with Gasteiger partial charge in [-0.2, -0.15) is 0 Å². The lowest BCUT2D eigenvalue weighted by molar-refractivity contribution is 0.103. The van der Waals surface area contributed by atoms with Crippen LogP contribution in [0.1, 0.15) is 31.4 Å². The molecule has 0 spiro atoms. The number of hydrogen-bond acceptors (Lipinski definition) is 3. The summed E-state index contributed by atoms with van der Waals surface area (Å²) in [5, 5.41) is 10.2. The largest absolute Gasteiger partial charge is 0.497 e. The Kier molecular flexibility index (Phi) is 2.80. The number of ether oxygens (including phenoxy) is 2. The van der Waals surface area contributed by atoms with Crippen LogP contribution in [0.4, 0.5) is 0 Å². The van der Waals surface area contributed by atoms with Gasteiger partial charge >= 0.3 is 0 Å². The van der Waals surface area contributed by atoms with Gasteiger partial charge in [0, 0.05) is 6.07 Å². The molecule has 16 heavy (non-hydrogen) atoms. The van der Waals surface area contributed by atoms with Gasteiger partial charge in [0.05, 0.1) is 20.3 Å². The summed E-state index contributed by atoms with van der Waals surface area (Å²) >= 11 is 0. The molecule has 0 aromatic heterocycles. The maximum absolute atomic E-state index is 10.2. The maximum Gasteiger partial charge on any atom is 0.122 e. The Labute approximate surface area is 96.0 Å². The average molecular weight is 222 g/mol. The van der Waals surface area contributed by atoms with E-state index in [0.29, 0.717) is 0 Å². The second kappa shape index (κ2) is 3.98. The molecule has 2 rings (SSSR count). The summed E-state index contributed by atoms with van der Waals surface area (Å²) in [4.78, 5) is 0. The first-order valence-electron chi connectivity index (χ1n) is 5.50. The third kappa shape index (κ3) is 2.00. The lowest BCUT2D eigenvalue weighted by Crippen LogP contribution is -2.09. The first kappa shape index (κ1) is 11.3. The van der Waals surface area contributed by atoms with Crippen molar-refractivity contribution in [2.75, 3.05) is 14.2 Å². The van der Waals surface area contributed by atoms with E-state index in [1.165, 1.54) is 0 Å². The third-order valence-electron chi connectivity index (χ3n) is 3.39. The Hall–Kier alpha value is -1.22. The Morgan fingerprint density at radius 1 is 1.12 bits per heavy atom. The van der Waals surface area contributed by atoms with Crippen LogP contribution in [0.2, 0.25) is 0 Å². The molecule has 1 N–H and O–H groups in total.